The lowest BCUT2D eigenvalue weighted by Gasteiger charge is -2.33. The van der Waals surface area contributed by atoms with Crippen LogP contribution in [0.4, 0.5) is 0 Å². The predicted molar refractivity (Wildman–Crippen MR) is 123 cm³/mol. The molecule has 152 valence electrons. The molecule has 1 heterocycles. The molecule has 0 amide bonds. The van der Waals surface area contributed by atoms with Crippen LogP contribution < -0.4 is 10.6 Å². The lowest BCUT2D eigenvalue weighted by Crippen LogP contribution is -2.48. The standard InChI is InChI=1S/C21H34N4O.HI/c1-3-12-25-13-10-17(11-14-25)24-21(22-2)23-15-19-18-7-5-4-6-16(18)8-9-20(19)26;/h8-9,17,26H,3-7,10-15H2,1-2H3,(H2,22,23,24);1H. The van der Waals surface area contributed by atoms with Gasteiger partial charge >= 0.3 is 0 Å². The topological polar surface area (TPSA) is 59.9 Å². The Morgan fingerprint density at radius 1 is 1.22 bits per heavy atom. The van der Waals surface area contributed by atoms with Crippen molar-refractivity contribution in [1.29, 1.82) is 0 Å². The first-order valence-electron chi connectivity index (χ1n) is 10.2. The minimum Gasteiger partial charge on any atom is -0.508 e. The van der Waals surface area contributed by atoms with Crippen molar-refractivity contribution in [1.82, 2.24) is 15.5 Å². The van der Waals surface area contributed by atoms with Gasteiger partial charge in [-0.2, -0.15) is 0 Å². The number of hydrogen-bond acceptors (Lipinski definition) is 3. The molecule has 0 bridgehead atoms. The number of phenolic OH excluding ortho intramolecular Hbond substituents is 1. The number of likely N-dealkylation sites (tertiary alicyclic amines) is 1. The Morgan fingerprint density at radius 3 is 2.67 bits per heavy atom. The minimum atomic E-state index is 0. The van der Waals surface area contributed by atoms with Gasteiger partial charge < -0.3 is 20.6 Å². The molecule has 1 fully saturated rings. The van der Waals surface area contributed by atoms with Crippen LogP contribution in [-0.2, 0) is 19.4 Å². The van der Waals surface area contributed by atoms with Crippen molar-refractivity contribution in [2.45, 2.75) is 64.5 Å². The van der Waals surface area contributed by atoms with E-state index in [4.69, 9.17) is 0 Å². The highest BCUT2D eigenvalue weighted by atomic mass is 127. The summed E-state index contributed by atoms with van der Waals surface area (Å²) in [5.74, 6) is 1.24. The predicted octanol–water partition coefficient (Wildman–Crippen LogP) is 3.43. The molecule has 3 N–H and O–H groups in total. The number of aliphatic imine (C=N–C) groups is 1. The number of hydrogen-bond donors (Lipinski definition) is 3. The lowest BCUT2D eigenvalue weighted by atomic mass is 9.88. The molecule has 0 spiro atoms. The van der Waals surface area contributed by atoms with Gasteiger partial charge in [0, 0.05) is 38.3 Å². The summed E-state index contributed by atoms with van der Waals surface area (Å²) in [6.07, 6.45) is 8.22. The molecular weight excluding hydrogens is 451 g/mol. The number of halogens is 1. The van der Waals surface area contributed by atoms with Gasteiger partial charge in [-0.3, -0.25) is 4.99 Å². The molecule has 0 radical (unpaired) electrons. The fraction of sp³-hybridized carbons (Fsp3) is 0.667. The molecule has 1 aliphatic carbocycles. The van der Waals surface area contributed by atoms with E-state index >= 15 is 0 Å². The van der Waals surface area contributed by atoms with E-state index < -0.39 is 0 Å². The van der Waals surface area contributed by atoms with Crippen molar-refractivity contribution in [2.24, 2.45) is 4.99 Å². The maximum absolute atomic E-state index is 10.3. The molecule has 1 aromatic rings. The molecule has 0 atom stereocenters. The Hall–Kier alpha value is -1.02. The van der Waals surface area contributed by atoms with Crippen LogP contribution in [0.2, 0.25) is 0 Å². The van der Waals surface area contributed by atoms with E-state index in [9.17, 15) is 5.11 Å². The van der Waals surface area contributed by atoms with Crippen molar-refractivity contribution in [3.8, 4) is 5.75 Å². The van der Waals surface area contributed by atoms with E-state index in [1.807, 2.05) is 13.1 Å². The average molecular weight is 486 g/mol. The summed E-state index contributed by atoms with van der Waals surface area (Å²) in [4.78, 5) is 6.94. The van der Waals surface area contributed by atoms with Crippen LogP contribution in [0.1, 0.15) is 55.7 Å². The first kappa shape index (κ1) is 22.3. The first-order chi connectivity index (χ1) is 12.7. The Balaban J connectivity index is 0.00000261. The molecule has 0 aromatic heterocycles. The third-order valence-electron chi connectivity index (χ3n) is 5.75. The van der Waals surface area contributed by atoms with E-state index in [0.717, 1.165) is 50.3 Å². The van der Waals surface area contributed by atoms with Gasteiger partial charge in [-0.05, 0) is 68.7 Å². The lowest BCUT2D eigenvalue weighted by molar-refractivity contribution is 0.206. The Bertz CT molecular complexity index is 627. The molecule has 6 heteroatoms. The second-order valence-electron chi connectivity index (χ2n) is 7.59. The number of nitrogens with one attached hydrogen (secondary N) is 2. The highest BCUT2D eigenvalue weighted by Gasteiger charge is 2.20. The van der Waals surface area contributed by atoms with Gasteiger partial charge in [-0.15, -0.1) is 24.0 Å². The van der Waals surface area contributed by atoms with Gasteiger partial charge in [0.25, 0.3) is 0 Å². The molecule has 1 aliphatic heterocycles. The number of nitrogens with zero attached hydrogens (tertiary/aromatic N) is 2. The largest absolute Gasteiger partial charge is 0.508 e. The van der Waals surface area contributed by atoms with Crippen molar-refractivity contribution < 1.29 is 5.11 Å². The summed E-state index contributed by atoms with van der Waals surface area (Å²) < 4.78 is 0. The van der Waals surface area contributed by atoms with E-state index in [1.165, 1.54) is 36.9 Å². The summed E-state index contributed by atoms with van der Waals surface area (Å²) in [5, 5.41) is 17.3. The Labute approximate surface area is 181 Å². The van der Waals surface area contributed by atoms with Gasteiger partial charge in [0.1, 0.15) is 5.75 Å². The number of aromatic hydroxyl groups is 1. The van der Waals surface area contributed by atoms with Crippen LogP contribution in [0.5, 0.6) is 5.75 Å². The Morgan fingerprint density at radius 2 is 1.96 bits per heavy atom. The third-order valence-corrected chi connectivity index (χ3v) is 5.75. The molecule has 0 unspecified atom stereocenters. The molecule has 27 heavy (non-hydrogen) atoms. The zero-order chi connectivity index (χ0) is 18.4. The second-order valence-corrected chi connectivity index (χ2v) is 7.59. The van der Waals surface area contributed by atoms with E-state index in [1.54, 1.807) is 0 Å². The van der Waals surface area contributed by atoms with Gasteiger partial charge in [0.05, 0.1) is 0 Å². The smallest absolute Gasteiger partial charge is 0.191 e. The zero-order valence-electron chi connectivity index (χ0n) is 16.8. The minimum absolute atomic E-state index is 0. The number of aryl methyl sites for hydroxylation is 1. The highest BCUT2D eigenvalue weighted by Crippen LogP contribution is 2.30. The number of phenols is 1. The third kappa shape index (κ3) is 5.98. The van der Waals surface area contributed by atoms with Crippen molar-refractivity contribution in [2.75, 3.05) is 26.7 Å². The van der Waals surface area contributed by atoms with Crippen molar-refractivity contribution in [3.63, 3.8) is 0 Å². The highest BCUT2D eigenvalue weighted by molar-refractivity contribution is 14.0. The number of fused-ring (bicyclic) bond motifs is 1. The van der Waals surface area contributed by atoms with Crippen molar-refractivity contribution in [3.05, 3.63) is 28.8 Å². The zero-order valence-corrected chi connectivity index (χ0v) is 19.1. The molecule has 1 saturated heterocycles. The summed E-state index contributed by atoms with van der Waals surface area (Å²) in [7, 11) is 1.82. The molecule has 0 saturated carbocycles. The maximum Gasteiger partial charge on any atom is 0.191 e. The number of benzene rings is 1. The van der Waals surface area contributed by atoms with Crippen molar-refractivity contribution >= 4 is 29.9 Å². The van der Waals surface area contributed by atoms with Gasteiger partial charge in [-0.1, -0.05) is 13.0 Å². The van der Waals surface area contributed by atoms with Crippen LogP contribution in [0.15, 0.2) is 17.1 Å². The summed E-state index contributed by atoms with van der Waals surface area (Å²) >= 11 is 0. The van der Waals surface area contributed by atoms with Gasteiger partial charge in [0.2, 0.25) is 0 Å². The van der Waals surface area contributed by atoms with Crippen LogP contribution in [-0.4, -0.2) is 48.7 Å². The van der Waals surface area contributed by atoms with Crippen LogP contribution in [0.3, 0.4) is 0 Å². The second kappa shape index (κ2) is 11.1. The number of guanidine groups is 1. The molecule has 2 aliphatic rings. The van der Waals surface area contributed by atoms with E-state index in [-0.39, 0.29) is 24.0 Å². The van der Waals surface area contributed by atoms with Crippen LogP contribution in [0.25, 0.3) is 0 Å². The molecule has 5 nitrogen and oxygen atoms in total. The van der Waals surface area contributed by atoms with Gasteiger partial charge in [-0.25, -0.2) is 0 Å². The van der Waals surface area contributed by atoms with E-state index in [0.29, 0.717) is 18.3 Å². The van der Waals surface area contributed by atoms with Crippen LogP contribution >= 0.6 is 24.0 Å². The fourth-order valence-corrected chi connectivity index (χ4v) is 4.27. The van der Waals surface area contributed by atoms with E-state index in [2.05, 4.69) is 33.5 Å². The summed E-state index contributed by atoms with van der Waals surface area (Å²) in [6, 6.07) is 4.42. The molecule has 1 aromatic carbocycles. The number of rotatable bonds is 5. The van der Waals surface area contributed by atoms with Gasteiger partial charge in [0.15, 0.2) is 5.96 Å². The fourth-order valence-electron chi connectivity index (χ4n) is 4.27. The quantitative estimate of drug-likeness (QED) is 0.339. The first-order valence-corrected chi connectivity index (χ1v) is 10.2. The SMILES string of the molecule is CCCN1CCC(NC(=NC)NCc2c(O)ccc3c2CCCC3)CC1.I. The Kier molecular flexibility index (Phi) is 9.15. The summed E-state index contributed by atoms with van der Waals surface area (Å²) in [5.41, 5.74) is 3.78. The normalized spacial score (nSPS) is 18.5. The maximum atomic E-state index is 10.3. The monoisotopic (exact) mass is 486 g/mol. The average Bonchev–Trinajstić information content (AvgIpc) is 2.67. The summed E-state index contributed by atoms with van der Waals surface area (Å²) in [6.45, 7) is 6.40. The molecule has 3 rings (SSSR count). The van der Waals surface area contributed by atoms with Crippen LogP contribution in [0, 0.1) is 0 Å². The molecular formula is C21H35IN4O. The number of piperidine rings is 1.